The first kappa shape index (κ1) is 22.6. The molecule has 0 radical (unpaired) electrons. The third kappa shape index (κ3) is 4.19. The highest BCUT2D eigenvalue weighted by atomic mass is 32.2. The molecule has 6 nitrogen and oxygen atoms in total. The number of piperidine rings is 1. The number of nitrogens with zero attached hydrogens (tertiary/aromatic N) is 1. The normalized spacial score (nSPS) is 20.8. The Labute approximate surface area is 173 Å². The Hall–Kier alpha value is -2.11. The number of hydrogen-bond acceptors (Lipinski definition) is 4. The van der Waals surface area contributed by atoms with E-state index >= 15 is 0 Å². The monoisotopic (exact) mass is 462 g/mol. The minimum Gasteiger partial charge on any atom is -0.280 e. The van der Waals surface area contributed by atoms with Gasteiger partial charge in [-0.3, -0.25) is 4.72 Å². The van der Waals surface area contributed by atoms with Crippen LogP contribution in [0, 0.1) is 17.5 Å². The predicted octanol–water partition coefficient (Wildman–Crippen LogP) is 3.86. The zero-order valence-corrected chi connectivity index (χ0v) is 17.9. The minimum absolute atomic E-state index is 0.00921. The lowest BCUT2D eigenvalue weighted by molar-refractivity contribution is 0.204. The SMILES string of the molecule is CC1CCCC(C)N1S(=O)(=O)c1ccc(NS(=O)(=O)c2ccc(F)c(F)c2F)cc1. The van der Waals surface area contributed by atoms with Gasteiger partial charge in [0.2, 0.25) is 10.0 Å². The lowest BCUT2D eigenvalue weighted by Gasteiger charge is -2.37. The summed E-state index contributed by atoms with van der Waals surface area (Å²) < 4.78 is 94.4. The number of nitrogens with one attached hydrogen (secondary N) is 1. The molecular formula is C19H21F3N2O4S2. The quantitative estimate of drug-likeness (QED) is 0.684. The summed E-state index contributed by atoms with van der Waals surface area (Å²) in [6.45, 7) is 3.68. The Morgan fingerprint density at radius 2 is 1.43 bits per heavy atom. The molecule has 0 aromatic heterocycles. The molecule has 2 unspecified atom stereocenters. The van der Waals surface area contributed by atoms with Crippen molar-refractivity contribution in [2.24, 2.45) is 0 Å². The van der Waals surface area contributed by atoms with E-state index in [9.17, 15) is 30.0 Å². The van der Waals surface area contributed by atoms with Gasteiger partial charge in [-0.1, -0.05) is 6.42 Å². The largest absolute Gasteiger partial charge is 0.280 e. The smallest absolute Gasteiger partial charge is 0.264 e. The van der Waals surface area contributed by atoms with Crippen LogP contribution in [0.2, 0.25) is 0 Å². The molecule has 0 aliphatic carbocycles. The summed E-state index contributed by atoms with van der Waals surface area (Å²) in [5.41, 5.74) is -0.0576. The van der Waals surface area contributed by atoms with Crippen LogP contribution in [-0.2, 0) is 20.0 Å². The van der Waals surface area contributed by atoms with Crippen molar-refractivity contribution in [2.75, 3.05) is 4.72 Å². The summed E-state index contributed by atoms with van der Waals surface area (Å²) in [6, 6.07) is 5.69. The van der Waals surface area contributed by atoms with Crippen molar-refractivity contribution >= 4 is 25.7 Å². The first-order valence-electron chi connectivity index (χ1n) is 9.25. The summed E-state index contributed by atoms with van der Waals surface area (Å²) in [5.74, 6) is -5.25. The Kier molecular flexibility index (Phi) is 6.17. The molecule has 2 aromatic rings. The van der Waals surface area contributed by atoms with Crippen LogP contribution in [-0.4, -0.2) is 33.2 Å². The molecule has 30 heavy (non-hydrogen) atoms. The van der Waals surface area contributed by atoms with Gasteiger partial charge in [-0.2, -0.15) is 4.31 Å². The van der Waals surface area contributed by atoms with Crippen molar-refractivity contribution in [3.05, 3.63) is 53.8 Å². The van der Waals surface area contributed by atoms with Crippen LogP contribution in [0.25, 0.3) is 0 Å². The maximum absolute atomic E-state index is 13.8. The highest BCUT2D eigenvalue weighted by Gasteiger charge is 2.35. The van der Waals surface area contributed by atoms with Crippen molar-refractivity contribution in [3.63, 3.8) is 0 Å². The van der Waals surface area contributed by atoms with Gasteiger partial charge in [-0.05, 0) is 63.1 Å². The molecule has 2 atom stereocenters. The highest BCUT2D eigenvalue weighted by molar-refractivity contribution is 7.92. The van der Waals surface area contributed by atoms with E-state index in [1.165, 1.54) is 28.6 Å². The van der Waals surface area contributed by atoms with E-state index in [0.717, 1.165) is 19.3 Å². The number of anilines is 1. The van der Waals surface area contributed by atoms with Gasteiger partial charge in [-0.15, -0.1) is 0 Å². The van der Waals surface area contributed by atoms with Crippen molar-refractivity contribution < 1.29 is 30.0 Å². The number of hydrogen-bond donors (Lipinski definition) is 1. The molecule has 1 fully saturated rings. The van der Waals surface area contributed by atoms with Gasteiger partial charge in [0.05, 0.1) is 4.90 Å². The van der Waals surface area contributed by atoms with Gasteiger partial charge in [0.15, 0.2) is 17.5 Å². The molecule has 3 rings (SSSR count). The van der Waals surface area contributed by atoms with E-state index in [4.69, 9.17) is 0 Å². The first-order chi connectivity index (χ1) is 13.9. The molecule has 0 bridgehead atoms. The average molecular weight is 463 g/mol. The molecule has 0 spiro atoms. The fraction of sp³-hybridized carbons (Fsp3) is 0.368. The van der Waals surface area contributed by atoms with Crippen molar-refractivity contribution in [1.82, 2.24) is 4.31 Å². The van der Waals surface area contributed by atoms with Crippen molar-refractivity contribution in [1.29, 1.82) is 0 Å². The molecule has 1 N–H and O–H groups in total. The molecule has 2 aromatic carbocycles. The Morgan fingerprint density at radius 3 is 2.00 bits per heavy atom. The van der Waals surface area contributed by atoms with Gasteiger partial charge in [-0.25, -0.2) is 30.0 Å². The van der Waals surface area contributed by atoms with E-state index in [1.807, 2.05) is 18.6 Å². The third-order valence-electron chi connectivity index (χ3n) is 5.08. The standard InChI is InChI=1S/C19H21F3N2O4S2/c1-12-4-3-5-13(2)24(12)30(27,28)15-8-6-14(7-9-15)23-29(25,26)17-11-10-16(20)18(21)19(17)22/h6-13,23H,3-5H2,1-2H3. The lowest BCUT2D eigenvalue weighted by Crippen LogP contribution is -2.47. The Balaban J connectivity index is 1.86. The highest BCUT2D eigenvalue weighted by Crippen LogP contribution is 2.30. The third-order valence-corrected chi connectivity index (χ3v) is 8.63. The fourth-order valence-electron chi connectivity index (χ4n) is 3.61. The number of benzene rings is 2. The Bertz CT molecular complexity index is 1140. The van der Waals surface area contributed by atoms with Crippen LogP contribution in [0.5, 0.6) is 0 Å². The predicted molar refractivity (Wildman–Crippen MR) is 105 cm³/mol. The van der Waals surface area contributed by atoms with Crippen LogP contribution in [0.4, 0.5) is 18.9 Å². The number of sulfonamides is 2. The van der Waals surface area contributed by atoms with Gasteiger partial charge in [0.1, 0.15) is 4.90 Å². The molecule has 1 aliphatic rings. The zero-order chi connectivity index (χ0) is 22.3. The van der Waals surface area contributed by atoms with Gasteiger partial charge in [0.25, 0.3) is 10.0 Å². The summed E-state index contributed by atoms with van der Waals surface area (Å²) in [5, 5.41) is 0. The zero-order valence-electron chi connectivity index (χ0n) is 16.3. The van der Waals surface area contributed by atoms with Crippen molar-refractivity contribution in [3.8, 4) is 0 Å². The molecule has 1 saturated heterocycles. The van der Waals surface area contributed by atoms with Gasteiger partial charge >= 0.3 is 0 Å². The summed E-state index contributed by atoms with van der Waals surface area (Å²) in [6.07, 6.45) is 2.44. The van der Waals surface area contributed by atoms with E-state index < -0.39 is 42.4 Å². The average Bonchev–Trinajstić information content (AvgIpc) is 2.65. The number of halogens is 3. The Morgan fingerprint density at radius 1 is 0.867 bits per heavy atom. The molecule has 11 heteroatoms. The molecule has 1 aliphatic heterocycles. The van der Waals surface area contributed by atoms with E-state index in [0.29, 0.717) is 12.1 Å². The fourth-order valence-corrected chi connectivity index (χ4v) is 6.62. The second kappa shape index (κ2) is 8.20. The molecule has 1 heterocycles. The summed E-state index contributed by atoms with van der Waals surface area (Å²) in [4.78, 5) is -1.07. The topological polar surface area (TPSA) is 83.6 Å². The molecular weight excluding hydrogens is 441 g/mol. The lowest BCUT2D eigenvalue weighted by atomic mass is 10.0. The van der Waals surface area contributed by atoms with Crippen molar-refractivity contribution in [2.45, 2.75) is 55.0 Å². The van der Waals surface area contributed by atoms with Crippen LogP contribution in [0.1, 0.15) is 33.1 Å². The molecule has 0 saturated carbocycles. The van der Waals surface area contributed by atoms with E-state index in [2.05, 4.69) is 0 Å². The summed E-state index contributed by atoms with van der Waals surface area (Å²) in [7, 11) is -8.35. The molecule has 0 amide bonds. The molecule has 164 valence electrons. The minimum atomic E-state index is -4.56. The maximum atomic E-state index is 13.8. The van der Waals surface area contributed by atoms with Crippen LogP contribution < -0.4 is 4.72 Å². The van der Waals surface area contributed by atoms with Crippen LogP contribution >= 0.6 is 0 Å². The summed E-state index contributed by atoms with van der Waals surface area (Å²) >= 11 is 0. The van der Waals surface area contributed by atoms with E-state index in [-0.39, 0.29) is 22.7 Å². The maximum Gasteiger partial charge on any atom is 0.264 e. The second-order valence-electron chi connectivity index (χ2n) is 7.27. The van der Waals surface area contributed by atoms with Gasteiger partial charge < -0.3 is 0 Å². The second-order valence-corrected chi connectivity index (χ2v) is 10.8. The van der Waals surface area contributed by atoms with Crippen LogP contribution in [0.3, 0.4) is 0 Å². The first-order valence-corrected chi connectivity index (χ1v) is 12.2. The van der Waals surface area contributed by atoms with Gasteiger partial charge in [0, 0.05) is 17.8 Å². The van der Waals surface area contributed by atoms with E-state index in [1.54, 1.807) is 0 Å². The number of rotatable bonds is 5. The van der Waals surface area contributed by atoms with Crippen LogP contribution in [0.15, 0.2) is 46.2 Å².